The Morgan fingerprint density at radius 1 is 1.14 bits per heavy atom. The molecule has 1 N–H and O–H groups in total. The van der Waals surface area contributed by atoms with Gasteiger partial charge in [-0.2, -0.15) is 0 Å². The molecular weight excluding hydrogens is 321 g/mol. The number of ether oxygens (including phenoxy) is 1. The smallest absolute Gasteiger partial charge is 0.407 e. The lowest BCUT2D eigenvalue weighted by molar-refractivity contribution is 0.141. The molecule has 5 heteroatoms. The molecule has 0 radical (unpaired) electrons. The summed E-state index contributed by atoms with van der Waals surface area (Å²) in [6, 6.07) is 14.7. The maximum absolute atomic E-state index is 11.5. The summed E-state index contributed by atoms with van der Waals surface area (Å²) >= 11 is 11.9. The molecular formula is C17H15Cl2NO2. The van der Waals surface area contributed by atoms with Crippen molar-refractivity contribution in [2.75, 3.05) is 6.54 Å². The van der Waals surface area contributed by atoms with Crippen molar-refractivity contribution in [1.82, 2.24) is 5.32 Å². The van der Waals surface area contributed by atoms with Gasteiger partial charge in [0.2, 0.25) is 0 Å². The second-order valence-corrected chi connectivity index (χ2v) is 5.35. The molecule has 1 amide bonds. The number of benzene rings is 2. The number of carbonyl (C=O) groups excluding carboxylic acids is 1. The number of carbonyl (C=O) groups is 1. The first-order valence-electron chi connectivity index (χ1n) is 6.71. The number of hydrogen-bond acceptors (Lipinski definition) is 2. The van der Waals surface area contributed by atoms with Gasteiger partial charge in [-0.25, -0.2) is 4.79 Å². The van der Waals surface area contributed by atoms with E-state index >= 15 is 0 Å². The van der Waals surface area contributed by atoms with E-state index in [0.29, 0.717) is 16.6 Å². The van der Waals surface area contributed by atoms with Crippen molar-refractivity contribution in [2.24, 2.45) is 0 Å². The summed E-state index contributed by atoms with van der Waals surface area (Å²) < 4.78 is 5.09. The third kappa shape index (κ3) is 5.43. The highest BCUT2D eigenvalue weighted by molar-refractivity contribution is 6.35. The molecule has 0 saturated carbocycles. The van der Waals surface area contributed by atoms with E-state index in [9.17, 15) is 4.79 Å². The predicted molar refractivity (Wildman–Crippen MR) is 90.1 cm³/mol. The maximum atomic E-state index is 11.5. The third-order valence-corrected chi connectivity index (χ3v) is 3.40. The quantitative estimate of drug-likeness (QED) is 0.840. The summed E-state index contributed by atoms with van der Waals surface area (Å²) in [5.74, 6) is 0. The largest absolute Gasteiger partial charge is 0.445 e. The molecule has 2 aromatic rings. The summed E-state index contributed by atoms with van der Waals surface area (Å²) in [6.07, 6.45) is 3.14. The highest BCUT2D eigenvalue weighted by atomic mass is 35.5. The van der Waals surface area contributed by atoms with Gasteiger partial charge in [0, 0.05) is 16.6 Å². The lowest BCUT2D eigenvalue weighted by Crippen LogP contribution is -2.24. The fraction of sp³-hybridized carbons (Fsp3) is 0.118. The molecule has 0 aliphatic heterocycles. The fourth-order valence-corrected chi connectivity index (χ4v) is 2.21. The zero-order valence-corrected chi connectivity index (χ0v) is 13.3. The van der Waals surface area contributed by atoms with Crippen LogP contribution in [0.5, 0.6) is 0 Å². The lowest BCUT2D eigenvalue weighted by atomic mass is 10.2. The van der Waals surface area contributed by atoms with Crippen LogP contribution in [0.3, 0.4) is 0 Å². The van der Waals surface area contributed by atoms with Crippen LogP contribution >= 0.6 is 23.2 Å². The summed E-state index contributed by atoms with van der Waals surface area (Å²) in [4.78, 5) is 11.5. The van der Waals surface area contributed by atoms with Gasteiger partial charge in [0.05, 0.1) is 0 Å². The molecule has 2 aromatic carbocycles. The normalized spacial score (nSPS) is 10.6. The summed E-state index contributed by atoms with van der Waals surface area (Å²) in [6.45, 7) is 0.603. The maximum Gasteiger partial charge on any atom is 0.407 e. The van der Waals surface area contributed by atoms with Crippen molar-refractivity contribution in [3.05, 3.63) is 75.8 Å². The van der Waals surface area contributed by atoms with E-state index in [0.717, 1.165) is 11.1 Å². The molecule has 2 rings (SSSR count). The summed E-state index contributed by atoms with van der Waals surface area (Å²) in [5, 5.41) is 3.79. The number of hydrogen-bond donors (Lipinski definition) is 1. The lowest BCUT2D eigenvalue weighted by Gasteiger charge is -2.05. The molecule has 0 fully saturated rings. The van der Waals surface area contributed by atoms with Crippen molar-refractivity contribution in [3.63, 3.8) is 0 Å². The minimum atomic E-state index is -0.462. The summed E-state index contributed by atoms with van der Waals surface area (Å²) in [5.41, 5.74) is 1.78. The van der Waals surface area contributed by atoms with Gasteiger partial charge in [-0.3, -0.25) is 0 Å². The second kappa shape index (κ2) is 8.47. The number of alkyl carbamates (subject to hydrolysis) is 1. The Labute approximate surface area is 139 Å². The van der Waals surface area contributed by atoms with Crippen LogP contribution in [0.1, 0.15) is 11.1 Å². The Kier molecular flexibility index (Phi) is 6.31. The number of amides is 1. The van der Waals surface area contributed by atoms with Crippen molar-refractivity contribution in [2.45, 2.75) is 6.61 Å². The standard InChI is InChI=1S/C17H15Cl2NO2/c18-15-9-8-14(16(19)11-15)7-4-10-20-17(21)22-12-13-5-2-1-3-6-13/h1-9,11H,10,12H2,(H,20,21). The molecule has 0 atom stereocenters. The number of nitrogens with one attached hydrogen (secondary N) is 1. The molecule has 0 bridgehead atoms. The van der Waals surface area contributed by atoms with Gasteiger partial charge in [0.15, 0.2) is 0 Å². The van der Waals surface area contributed by atoms with E-state index in [2.05, 4.69) is 5.32 Å². The molecule has 0 aromatic heterocycles. The van der Waals surface area contributed by atoms with E-state index in [1.54, 1.807) is 18.2 Å². The average molecular weight is 336 g/mol. The zero-order valence-electron chi connectivity index (χ0n) is 11.8. The molecule has 22 heavy (non-hydrogen) atoms. The summed E-state index contributed by atoms with van der Waals surface area (Å²) in [7, 11) is 0. The van der Waals surface area contributed by atoms with Crippen molar-refractivity contribution >= 4 is 35.4 Å². The Balaban J connectivity index is 1.73. The Hall–Kier alpha value is -1.97. The molecule has 0 aliphatic rings. The minimum Gasteiger partial charge on any atom is -0.445 e. The predicted octanol–water partition coefficient (Wildman–Crippen LogP) is 4.93. The van der Waals surface area contributed by atoms with Crippen LogP contribution < -0.4 is 5.32 Å². The van der Waals surface area contributed by atoms with Gasteiger partial charge >= 0.3 is 6.09 Å². The van der Waals surface area contributed by atoms with Gasteiger partial charge in [0.25, 0.3) is 0 Å². The highest BCUT2D eigenvalue weighted by Gasteiger charge is 2.01. The molecule has 0 heterocycles. The Morgan fingerprint density at radius 3 is 2.64 bits per heavy atom. The van der Waals surface area contributed by atoms with Crippen LogP contribution in [0.2, 0.25) is 10.0 Å². The molecule has 0 aliphatic carbocycles. The van der Waals surface area contributed by atoms with Gasteiger partial charge in [-0.15, -0.1) is 0 Å². The fourth-order valence-electron chi connectivity index (χ4n) is 1.74. The third-order valence-electron chi connectivity index (χ3n) is 2.84. The van der Waals surface area contributed by atoms with Crippen LogP contribution in [-0.2, 0) is 11.3 Å². The number of rotatable bonds is 5. The van der Waals surface area contributed by atoms with Crippen LogP contribution in [0.15, 0.2) is 54.6 Å². The molecule has 3 nitrogen and oxygen atoms in total. The highest BCUT2D eigenvalue weighted by Crippen LogP contribution is 2.21. The molecule has 0 saturated heterocycles. The van der Waals surface area contributed by atoms with Crippen LogP contribution in [0.25, 0.3) is 6.08 Å². The van der Waals surface area contributed by atoms with E-state index in [1.165, 1.54) is 0 Å². The van der Waals surface area contributed by atoms with E-state index < -0.39 is 6.09 Å². The van der Waals surface area contributed by atoms with E-state index in [-0.39, 0.29) is 6.61 Å². The zero-order chi connectivity index (χ0) is 15.8. The monoisotopic (exact) mass is 335 g/mol. The molecule has 0 unspecified atom stereocenters. The van der Waals surface area contributed by atoms with Crippen molar-refractivity contribution in [1.29, 1.82) is 0 Å². The van der Waals surface area contributed by atoms with Crippen LogP contribution in [0.4, 0.5) is 4.79 Å². The van der Waals surface area contributed by atoms with Crippen LogP contribution in [-0.4, -0.2) is 12.6 Å². The second-order valence-electron chi connectivity index (χ2n) is 4.51. The van der Waals surface area contributed by atoms with E-state index in [4.69, 9.17) is 27.9 Å². The van der Waals surface area contributed by atoms with Crippen molar-refractivity contribution < 1.29 is 9.53 Å². The van der Waals surface area contributed by atoms with E-state index in [1.807, 2.05) is 42.5 Å². The number of halogens is 2. The van der Waals surface area contributed by atoms with Gasteiger partial charge in [-0.1, -0.05) is 71.8 Å². The Morgan fingerprint density at radius 2 is 1.91 bits per heavy atom. The molecule has 114 valence electrons. The first-order chi connectivity index (χ1) is 10.6. The first kappa shape index (κ1) is 16.4. The van der Waals surface area contributed by atoms with Gasteiger partial charge < -0.3 is 10.1 Å². The van der Waals surface area contributed by atoms with Crippen molar-refractivity contribution in [3.8, 4) is 0 Å². The minimum absolute atomic E-state index is 0.249. The van der Waals surface area contributed by atoms with Gasteiger partial charge in [0.1, 0.15) is 6.61 Å². The van der Waals surface area contributed by atoms with Crippen LogP contribution in [0, 0.1) is 0 Å². The Bertz CT molecular complexity index is 657. The first-order valence-corrected chi connectivity index (χ1v) is 7.47. The van der Waals surface area contributed by atoms with Gasteiger partial charge in [-0.05, 0) is 23.3 Å². The average Bonchev–Trinajstić information content (AvgIpc) is 2.52. The SMILES string of the molecule is O=C(NCC=Cc1ccc(Cl)cc1Cl)OCc1ccccc1. The molecule has 0 spiro atoms. The topological polar surface area (TPSA) is 38.3 Å².